The summed E-state index contributed by atoms with van der Waals surface area (Å²) < 4.78 is 23.2. The van der Waals surface area contributed by atoms with E-state index in [1.54, 1.807) is 7.05 Å². The van der Waals surface area contributed by atoms with Gasteiger partial charge in [0.1, 0.15) is 5.82 Å². The lowest BCUT2D eigenvalue weighted by atomic mass is 10.2. The molecular weight excluding hydrogens is 364 g/mol. The van der Waals surface area contributed by atoms with Gasteiger partial charge in [-0.05, 0) is 30.7 Å². The van der Waals surface area contributed by atoms with Gasteiger partial charge in [-0.1, -0.05) is 6.92 Å². The number of anilines is 1. The number of aromatic nitrogens is 1. The van der Waals surface area contributed by atoms with Crippen molar-refractivity contribution in [2.24, 2.45) is 4.99 Å². The maximum absolute atomic E-state index is 11.6. The Kier molecular flexibility index (Phi) is 6.54. The molecule has 2 aliphatic heterocycles. The summed E-state index contributed by atoms with van der Waals surface area (Å²) in [6, 6.07) is 4.04. The van der Waals surface area contributed by atoms with Crippen LogP contribution in [0, 0.1) is 0 Å². The van der Waals surface area contributed by atoms with E-state index in [1.807, 2.05) is 12.3 Å². The number of rotatable bonds is 5. The number of pyridine rings is 1. The fourth-order valence-electron chi connectivity index (χ4n) is 3.52. The van der Waals surface area contributed by atoms with Crippen molar-refractivity contribution in [2.45, 2.75) is 25.9 Å². The molecule has 8 nitrogen and oxygen atoms in total. The van der Waals surface area contributed by atoms with Crippen molar-refractivity contribution in [1.29, 1.82) is 0 Å². The molecule has 1 atom stereocenters. The van der Waals surface area contributed by atoms with Crippen LogP contribution < -0.4 is 15.5 Å². The van der Waals surface area contributed by atoms with Crippen molar-refractivity contribution in [1.82, 2.24) is 20.5 Å². The van der Waals surface area contributed by atoms with Gasteiger partial charge in [0.15, 0.2) is 15.8 Å². The Morgan fingerprint density at radius 3 is 2.74 bits per heavy atom. The quantitative estimate of drug-likeness (QED) is 0.540. The number of piperazine rings is 1. The van der Waals surface area contributed by atoms with Crippen molar-refractivity contribution >= 4 is 21.6 Å². The van der Waals surface area contributed by atoms with E-state index in [2.05, 4.69) is 43.4 Å². The normalized spacial score (nSPS) is 23.4. The van der Waals surface area contributed by atoms with Crippen molar-refractivity contribution in [3.8, 4) is 0 Å². The Balaban J connectivity index is 1.53. The van der Waals surface area contributed by atoms with E-state index in [1.165, 1.54) is 0 Å². The zero-order valence-corrected chi connectivity index (χ0v) is 17.0. The summed E-state index contributed by atoms with van der Waals surface area (Å²) in [5.41, 5.74) is 1.12. The van der Waals surface area contributed by atoms with E-state index in [9.17, 15) is 8.42 Å². The minimum atomic E-state index is -2.90. The van der Waals surface area contributed by atoms with E-state index in [4.69, 9.17) is 0 Å². The molecule has 2 aliphatic rings. The van der Waals surface area contributed by atoms with Gasteiger partial charge < -0.3 is 20.4 Å². The summed E-state index contributed by atoms with van der Waals surface area (Å²) in [7, 11) is -1.20. The van der Waals surface area contributed by atoms with Gasteiger partial charge in [-0.3, -0.25) is 4.99 Å². The maximum Gasteiger partial charge on any atom is 0.191 e. The Labute approximate surface area is 162 Å². The fraction of sp³-hybridized carbons (Fsp3) is 0.667. The van der Waals surface area contributed by atoms with Crippen LogP contribution in [-0.2, 0) is 16.4 Å². The SMILES string of the molecule is CCN1CCN(c2cc(CNC(=NC)NC3CCS(=O)(=O)C3)ccn2)CC1. The average Bonchev–Trinajstić information content (AvgIpc) is 3.03. The van der Waals surface area contributed by atoms with E-state index in [0.29, 0.717) is 18.9 Å². The number of likely N-dealkylation sites (N-methyl/N-ethyl adjacent to an activating group) is 1. The third kappa shape index (κ3) is 5.55. The summed E-state index contributed by atoms with van der Waals surface area (Å²) in [6.07, 6.45) is 2.48. The van der Waals surface area contributed by atoms with Crippen LogP contribution in [-0.4, -0.2) is 81.6 Å². The van der Waals surface area contributed by atoms with Gasteiger partial charge >= 0.3 is 0 Å². The molecule has 0 saturated carbocycles. The van der Waals surface area contributed by atoms with Crippen LogP contribution in [0.25, 0.3) is 0 Å². The molecule has 0 aliphatic carbocycles. The molecule has 3 rings (SSSR count). The standard InChI is InChI=1S/C18H30N6O2S/c1-3-23-7-9-24(10-8-23)17-12-15(4-6-20-17)13-21-18(19-2)22-16-5-11-27(25,26)14-16/h4,6,12,16H,3,5,7-11,13-14H2,1-2H3,(H2,19,21,22). The van der Waals surface area contributed by atoms with Gasteiger partial charge in [0.05, 0.1) is 11.5 Å². The molecule has 2 saturated heterocycles. The van der Waals surface area contributed by atoms with Crippen LogP contribution >= 0.6 is 0 Å². The highest BCUT2D eigenvalue weighted by Gasteiger charge is 2.28. The van der Waals surface area contributed by atoms with Crippen LogP contribution in [0.2, 0.25) is 0 Å². The first-order valence-electron chi connectivity index (χ1n) is 9.59. The van der Waals surface area contributed by atoms with Gasteiger partial charge in [-0.15, -0.1) is 0 Å². The number of hydrogen-bond acceptors (Lipinski definition) is 6. The smallest absolute Gasteiger partial charge is 0.191 e. The molecule has 0 amide bonds. The number of nitrogens with zero attached hydrogens (tertiary/aromatic N) is 4. The van der Waals surface area contributed by atoms with Gasteiger partial charge in [-0.2, -0.15) is 0 Å². The lowest BCUT2D eigenvalue weighted by Gasteiger charge is -2.34. The molecular formula is C18H30N6O2S. The minimum absolute atomic E-state index is 0.0657. The molecule has 1 aromatic rings. The highest BCUT2D eigenvalue weighted by Crippen LogP contribution is 2.15. The zero-order chi connectivity index (χ0) is 19.3. The largest absolute Gasteiger partial charge is 0.354 e. The van der Waals surface area contributed by atoms with Crippen LogP contribution in [0.3, 0.4) is 0 Å². The molecule has 27 heavy (non-hydrogen) atoms. The molecule has 0 bridgehead atoms. The molecule has 0 spiro atoms. The molecule has 0 aromatic carbocycles. The van der Waals surface area contributed by atoms with E-state index < -0.39 is 9.84 Å². The monoisotopic (exact) mass is 394 g/mol. The van der Waals surface area contributed by atoms with Crippen LogP contribution in [0.5, 0.6) is 0 Å². The van der Waals surface area contributed by atoms with Crippen LogP contribution in [0.15, 0.2) is 23.3 Å². The van der Waals surface area contributed by atoms with Gasteiger partial charge in [0.25, 0.3) is 0 Å². The second kappa shape index (κ2) is 8.88. The number of guanidine groups is 1. The van der Waals surface area contributed by atoms with Crippen molar-refractivity contribution < 1.29 is 8.42 Å². The summed E-state index contributed by atoms with van der Waals surface area (Å²) in [5, 5.41) is 6.48. The first-order chi connectivity index (χ1) is 13.0. The van der Waals surface area contributed by atoms with Gasteiger partial charge in [0, 0.05) is 52.0 Å². The maximum atomic E-state index is 11.6. The third-order valence-electron chi connectivity index (χ3n) is 5.21. The molecule has 150 valence electrons. The van der Waals surface area contributed by atoms with Crippen LogP contribution in [0.4, 0.5) is 5.82 Å². The second-order valence-electron chi connectivity index (χ2n) is 7.11. The molecule has 2 fully saturated rings. The Morgan fingerprint density at radius 2 is 2.11 bits per heavy atom. The predicted molar refractivity (Wildman–Crippen MR) is 109 cm³/mol. The molecule has 2 N–H and O–H groups in total. The highest BCUT2D eigenvalue weighted by atomic mass is 32.2. The number of sulfone groups is 1. The number of hydrogen-bond donors (Lipinski definition) is 2. The molecule has 1 unspecified atom stereocenters. The van der Waals surface area contributed by atoms with E-state index in [0.717, 1.165) is 44.1 Å². The molecule has 3 heterocycles. The first-order valence-corrected chi connectivity index (χ1v) is 11.4. The lowest BCUT2D eigenvalue weighted by molar-refractivity contribution is 0.270. The lowest BCUT2D eigenvalue weighted by Crippen LogP contribution is -2.46. The fourth-order valence-corrected chi connectivity index (χ4v) is 5.19. The van der Waals surface area contributed by atoms with Crippen LogP contribution in [0.1, 0.15) is 18.9 Å². The zero-order valence-electron chi connectivity index (χ0n) is 16.2. The summed E-state index contributed by atoms with van der Waals surface area (Å²) >= 11 is 0. The van der Waals surface area contributed by atoms with Gasteiger partial charge in [-0.25, -0.2) is 13.4 Å². The molecule has 1 aromatic heterocycles. The molecule has 0 radical (unpaired) electrons. The number of nitrogens with one attached hydrogen (secondary N) is 2. The Morgan fingerprint density at radius 1 is 1.33 bits per heavy atom. The summed E-state index contributed by atoms with van der Waals surface area (Å²) in [6.45, 7) is 8.04. The summed E-state index contributed by atoms with van der Waals surface area (Å²) in [5.74, 6) is 2.07. The predicted octanol–water partition coefficient (Wildman–Crippen LogP) is 0.0756. The second-order valence-corrected chi connectivity index (χ2v) is 9.34. The van der Waals surface area contributed by atoms with Crippen molar-refractivity contribution in [3.63, 3.8) is 0 Å². The topological polar surface area (TPSA) is 89.9 Å². The molecule has 9 heteroatoms. The van der Waals surface area contributed by atoms with Crippen molar-refractivity contribution in [3.05, 3.63) is 23.9 Å². The Bertz CT molecular complexity index is 759. The summed E-state index contributed by atoms with van der Waals surface area (Å²) in [4.78, 5) is 13.5. The third-order valence-corrected chi connectivity index (χ3v) is 6.98. The first kappa shape index (κ1) is 19.9. The average molecular weight is 395 g/mol. The number of aliphatic imine (C=N–C) groups is 1. The van der Waals surface area contributed by atoms with E-state index in [-0.39, 0.29) is 17.5 Å². The van der Waals surface area contributed by atoms with Crippen molar-refractivity contribution in [2.75, 3.05) is 56.2 Å². The van der Waals surface area contributed by atoms with E-state index >= 15 is 0 Å². The highest BCUT2D eigenvalue weighted by molar-refractivity contribution is 7.91. The minimum Gasteiger partial charge on any atom is -0.354 e. The van der Waals surface area contributed by atoms with Gasteiger partial charge in [0.2, 0.25) is 0 Å². The Hall–Kier alpha value is -1.87.